The maximum absolute atomic E-state index is 12.5. The monoisotopic (exact) mass is 445 g/mol. The van der Waals surface area contributed by atoms with Gasteiger partial charge in [0.15, 0.2) is 12.2 Å². The molecule has 2 amide bonds. The highest BCUT2D eigenvalue weighted by Gasteiger charge is 2.42. The van der Waals surface area contributed by atoms with Crippen LogP contribution in [-0.2, 0) is 16.1 Å². The van der Waals surface area contributed by atoms with Crippen molar-refractivity contribution in [1.29, 1.82) is 0 Å². The van der Waals surface area contributed by atoms with Gasteiger partial charge in [0, 0.05) is 25.2 Å². The molecular formula is C26H27N3O4. The number of hydrazine groups is 1. The Morgan fingerprint density at radius 3 is 2.33 bits per heavy atom. The summed E-state index contributed by atoms with van der Waals surface area (Å²) in [6.07, 6.45) is 0.294. The van der Waals surface area contributed by atoms with Crippen LogP contribution in [-0.4, -0.2) is 47.1 Å². The standard InChI is InChI=1S/C26H27N3O4/c30-24(18-33-23-14-8-7-13-22(23)21-11-5-2-6-12-21)27-28-25(31)26(32)15-16-29(19-26)17-20-9-3-1-4-10-20/h1-14,32H,15-19H2,(H,27,30)(H,28,31)/t26-/m1/s1. The molecule has 0 saturated carbocycles. The van der Waals surface area contributed by atoms with Gasteiger partial charge >= 0.3 is 0 Å². The Morgan fingerprint density at radius 2 is 1.58 bits per heavy atom. The lowest BCUT2D eigenvalue weighted by Gasteiger charge is -2.22. The highest BCUT2D eigenvalue weighted by molar-refractivity contribution is 5.88. The molecule has 0 bridgehead atoms. The summed E-state index contributed by atoms with van der Waals surface area (Å²) in [4.78, 5) is 26.8. The number of amides is 2. The summed E-state index contributed by atoms with van der Waals surface area (Å²) in [5, 5.41) is 10.8. The first-order valence-corrected chi connectivity index (χ1v) is 10.9. The smallest absolute Gasteiger partial charge is 0.276 e. The van der Waals surface area contributed by atoms with E-state index in [0.717, 1.165) is 16.7 Å². The molecule has 4 rings (SSSR count). The largest absolute Gasteiger partial charge is 0.483 e. The Bertz CT molecular complexity index is 1090. The molecule has 3 N–H and O–H groups in total. The van der Waals surface area contributed by atoms with E-state index in [4.69, 9.17) is 4.74 Å². The summed E-state index contributed by atoms with van der Waals surface area (Å²) in [5.41, 5.74) is 6.08. The van der Waals surface area contributed by atoms with Gasteiger partial charge in [0.25, 0.3) is 11.8 Å². The minimum absolute atomic E-state index is 0.199. The van der Waals surface area contributed by atoms with Gasteiger partial charge in [-0.25, -0.2) is 0 Å². The number of ether oxygens (including phenoxy) is 1. The zero-order valence-electron chi connectivity index (χ0n) is 18.2. The van der Waals surface area contributed by atoms with Gasteiger partial charge in [-0.2, -0.15) is 0 Å². The van der Waals surface area contributed by atoms with Crippen molar-refractivity contribution in [3.8, 4) is 16.9 Å². The lowest BCUT2D eigenvalue weighted by Crippen LogP contribution is -2.55. The van der Waals surface area contributed by atoms with Gasteiger partial charge in [0.05, 0.1) is 0 Å². The molecule has 1 aliphatic rings. The summed E-state index contributed by atoms with van der Waals surface area (Å²) in [6.45, 7) is 1.16. The van der Waals surface area contributed by atoms with E-state index in [0.29, 0.717) is 25.3 Å². The number of benzene rings is 3. The second-order valence-electron chi connectivity index (χ2n) is 8.13. The van der Waals surface area contributed by atoms with Crippen molar-refractivity contribution in [2.75, 3.05) is 19.7 Å². The minimum Gasteiger partial charge on any atom is -0.483 e. The van der Waals surface area contributed by atoms with Gasteiger partial charge in [-0.05, 0) is 23.6 Å². The third kappa shape index (κ3) is 5.77. The fraction of sp³-hybridized carbons (Fsp3) is 0.231. The summed E-state index contributed by atoms with van der Waals surface area (Å²) in [7, 11) is 0. The number of nitrogens with zero attached hydrogens (tertiary/aromatic N) is 1. The third-order valence-corrected chi connectivity index (χ3v) is 5.64. The number of aliphatic hydroxyl groups is 1. The normalized spacial score (nSPS) is 18.0. The number of carbonyl (C=O) groups excluding carboxylic acids is 2. The fourth-order valence-corrected chi connectivity index (χ4v) is 3.90. The molecule has 7 heteroatoms. The predicted octanol–water partition coefficient (Wildman–Crippen LogP) is 2.52. The van der Waals surface area contributed by atoms with Gasteiger partial charge < -0.3 is 9.84 Å². The van der Waals surface area contributed by atoms with Crippen molar-refractivity contribution in [2.45, 2.75) is 18.6 Å². The number of para-hydroxylation sites is 1. The van der Waals surface area contributed by atoms with Crippen LogP contribution in [0.2, 0.25) is 0 Å². The average Bonchev–Trinajstić information content (AvgIpc) is 3.24. The predicted molar refractivity (Wildman–Crippen MR) is 125 cm³/mol. The zero-order chi connectivity index (χ0) is 23.1. The molecule has 0 spiro atoms. The summed E-state index contributed by atoms with van der Waals surface area (Å²) >= 11 is 0. The molecule has 1 saturated heterocycles. The molecule has 1 heterocycles. The number of hydrogen-bond donors (Lipinski definition) is 3. The van der Waals surface area contributed by atoms with E-state index in [1.807, 2.05) is 83.8 Å². The van der Waals surface area contributed by atoms with Crippen molar-refractivity contribution in [3.05, 3.63) is 90.5 Å². The van der Waals surface area contributed by atoms with Crippen LogP contribution >= 0.6 is 0 Å². The third-order valence-electron chi connectivity index (χ3n) is 5.64. The molecular weight excluding hydrogens is 418 g/mol. The number of β-amino-alcohol motifs (C(OH)–C–C–N with tert-alkyl or cyclic N) is 1. The van der Waals surface area contributed by atoms with Gasteiger partial charge in [-0.15, -0.1) is 0 Å². The lowest BCUT2D eigenvalue weighted by atomic mass is 10.0. The Kier molecular flexibility index (Phi) is 7.02. The summed E-state index contributed by atoms with van der Waals surface area (Å²) in [5.74, 6) is -0.582. The summed E-state index contributed by atoms with van der Waals surface area (Å²) in [6, 6.07) is 27.0. The molecule has 1 atom stereocenters. The van der Waals surface area contributed by atoms with Crippen LogP contribution in [0.1, 0.15) is 12.0 Å². The Morgan fingerprint density at radius 1 is 0.909 bits per heavy atom. The molecule has 3 aromatic carbocycles. The van der Waals surface area contributed by atoms with E-state index in [1.54, 1.807) is 6.07 Å². The van der Waals surface area contributed by atoms with Crippen molar-refractivity contribution < 1.29 is 19.4 Å². The second kappa shape index (κ2) is 10.3. The van der Waals surface area contributed by atoms with E-state index >= 15 is 0 Å². The molecule has 0 aromatic heterocycles. The van der Waals surface area contributed by atoms with Crippen molar-refractivity contribution >= 4 is 11.8 Å². The van der Waals surface area contributed by atoms with Gasteiger partial charge in [-0.1, -0.05) is 78.9 Å². The van der Waals surface area contributed by atoms with Crippen LogP contribution < -0.4 is 15.6 Å². The fourth-order valence-electron chi connectivity index (χ4n) is 3.90. The molecule has 3 aromatic rings. The lowest BCUT2D eigenvalue weighted by molar-refractivity contribution is -0.142. The Balaban J connectivity index is 1.26. The van der Waals surface area contributed by atoms with Crippen LogP contribution in [0.5, 0.6) is 5.75 Å². The Hall–Kier alpha value is -3.68. The number of likely N-dealkylation sites (tertiary alicyclic amines) is 1. The second-order valence-corrected chi connectivity index (χ2v) is 8.13. The molecule has 1 fully saturated rings. The van der Waals surface area contributed by atoms with E-state index in [-0.39, 0.29) is 13.2 Å². The van der Waals surface area contributed by atoms with Gasteiger partial charge in [0.2, 0.25) is 0 Å². The van der Waals surface area contributed by atoms with Crippen LogP contribution in [0.3, 0.4) is 0 Å². The van der Waals surface area contributed by atoms with Crippen molar-refractivity contribution in [1.82, 2.24) is 15.8 Å². The van der Waals surface area contributed by atoms with Crippen molar-refractivity contribution in [3.63, 3.8) is 0 Å². The molecule has 0 radical (unpaired) electrons. The topological polar surface area (TPSA) is 90.9 Å². The highest BCUT2D eigenvalue weighted by Crippen LogP contribution is 2.29. The van der Waals surface area contributed by atoms with E-state index in [9.17, 15) is 14.7 Å². The SMILES string of the molecule is O=C(COc1ccccc1-c1ccccc1)NNC(=O)[C@@]1(O)CCN(Cc2ccccc2)C1. The summed E-state index contributed by atoms with van der Waals surface area (Å²) < 4.78 is 5.69. The Labute approximate surface area is 193 Å². The van der Waals surface area contributed by atoms with Crippen LogP contribution in [0, 0.1) is 0 Å². The molecule has 0 aliphatic carbocycles. The maximum Gasteiger partial charge on any atom is 0.276 e. The quantitative estimate of drug-likeness (QED) is 0.486. The highest BCUT2D eigenvalue weighted by atomic mass is 16.5. The van der Waals surface area contributed by atoms with Crippen LogP contribution in [0.15, 0.2) is 84.9 Å². The minimum atomic E-state index is -1.55. The zero-order valence-corrected chi connectivity index (χ0v) is 18.2. The van der Waals surface area contributed by atoms with E-state index < -0.39 is 17.4 Å². The molecule has 7 nitrogen and oxygen atoms in total. The van der Waals surface area contributed by atoms with Crippen LogP contribution in [0.4, 0.5) is 0 Å². The first-order valence-electron chi connectivity index (χ1n) is 10.9. The number of carbonyl (C=O) groups is 2. The number of hydrogen-bond acceptors (Lipinski definition) is 5. The maximum atomic E-state index is 12.5. The average molecular weight is 446 g/mol. The molecule has 0 unspecified atom stereocenters. The van der Waals surface area contributed by atoms with Gasteiger partial charge in [-0.3, -0.25) is 25.3 Å². The first-order chi connectivity index (χ1) is 16.0. The van der Waals surface area contributed by atoms with Crippen molar-refractivity contribution in [2.24, 2.45) is 0 Å². The van der Waals surface area contributed by atoms with E-state index in [2.05, 4.69) is 10.9 Å². The molecule has 170 valence electrons. The van der Waals surface area contributed by atoms with Gasteiger partial charge in [0.1, 0.15) is 5.75 Å². The van der Waals surface area contributed by atoms with E-state index in [1.165, 1.54) is 0 Å². The van der Waals surface area contributed by atoms with Crippen LogP contribution in [0.25, 0.3) is 11.1 Å². The first kappa shape index (κ1) is 22.5. The number of nitrogens with one attached hydrogen (secondary N) is 2. The molecule has 33 heavy (non-hydrogen) atoms. The number of rotatable bonds is 7. The molecule has 1 aliphatic heterocycles.